The summed E-state index contributed by atoms with van der Waals surface area (Å²) >= 11 is 0. The first-order chi connectivity index (χ1) is 5.92. The summed E-state index contributed by atoms with van der Waals surface area (Å²) in [6, 6.07) is 9.15. The smallest absolute Gasteiger partial charge is 0.0463 e. The van der Waals surface area contributed by atoms with E-state index in [0.717, 1.165) is 11.9 Å². The van der Waals surface area contributed by atoms with Gasteiger partial charge in [-0.15, -0.1) is 0 Å². The quantitative estimate of drug-likeness (QED) is 0.684. The van der Waals surface area contributed by atoms with Crippen molar-refractivity contribution in [3.05, 3.63) is 36.0 Å². The van der Waals surface area contributed by atoms with Gasteiger partial charge in [0, 0.05) is 17.1 Å². The van der Waals surface area contributed by atoms with Crippen molar-refractivity contribution in [3.8, 4) is 0 Å². The first-order valence-corrected chi connectivity index (χ1v) is 4.08. The van der Waals surface area contributed by atoms with Crippen LogP contribution in [0.25, 0.3) is 10.9 Å². The molecule has 0 unspecified atom stereocenters. The summed E-state index contributed by atoms with van der Waals surface area (Å²) < 4.78 is 0. The molecule has 0 fully saturated rings. The Morgan fingerprint density at radius 3 is 3.25 bits per heavy atom. The average molecular weight is 159 g/mol. The van der Waals surface area contributed by atoms with Gasteiger partial charge in [0.05, 0.1) is 0 Å². The SMILES string of the molecule is NCCc1c[nH]c2ccc[c]c12. The third-order valence-electron chi connectivity index (χ3n) is 1.99. The molecule has 1 aromatic heterocycles. The molecule has 0 amide bonds. The molecular weight excluding hydrogens is 148 g/mol. The predicted molar refractivity (Wildman–Crippen MR) is 49.9 cm³/mol. The maximum absolute atomic E-state index is 5.48. The predicted octanol–water partition coefficient (Wildman–Crippen LogP) is 1.47. The fourth-order valence-electron chi connectivity index (χ4n) is 1.41. The molecule has 1 radical (unpaired) electrons. The van der Waals surface area contributed by atoms with Crippen LogP contribution < -0.4 is 5.73 Å². The van der Waals surface area contributed by atoms with E-state index in [0.29, 0.717) is 6.54 Å². The van der Waals surface area contributed by atoms with E-state index in [4.69, 9.17) is 5.73 Å². The molecule has 0 saturated heterocycles. The minimum Gasteiger partial charge on any atom is -0.361 e. The highest BCUT2D eigenvalue weighted by Gasteiger charge is 2.00. The molecule has 2 heteroatoms. The molecule has 2 aromatic rings. The van der Waals surface area contributed by atoms with E-state index in [9.17, 15) is 0 Å². The molecule has 2 rings (SSSR count). The normalized spacial score (nSPS) is 10.8. The van der Waals surface area contributed by atoms with Gasteiger partial charge in [0.2, 0.25) is 0 Å². The van der Waals surface area contributed by atoms with Gasteiger partial charge in [-0.25, -0.2) is 0 Å². The number of fused-ring (bicyclic) bond motifs is 1. The monoisotopic (exact) mass is 159 g/mol. The Balaban J connectivity index is 2.55. The van der Waals surface area contributed by atoms with Crippen LogP contribution >= 0.6 is 0 Å². The number of rotatable bonds is 2. The van der Waals surface area contributed by atoms with Crippen LogP contribution in [0.4, 0.5) is 0 Å². The second-order valence-electron chi connectivity index (χ2n) is 2.81. The average Bonchev–Trinajstić information content (AvgIpc) is 2.50. The Morgan fingerprint density at radius 2 is 2.42 bits per heavy atom. The van der Waals surface area contributed by atoms with Crippen LogP contribution in [0.1, 0.15) is 5.56 Å². The number of aromatic nitrogens is 1. The lowest BCUT2D eigenvalue weighted by atomic mass is 10.1. The third-order valence-corrected chi connectivity index (χ3v) is 1.99. The summed E-state index contributed by atoms with van der Waals surface area (Å²) in [4.78, 5) is 3.19. The van der Waals surface area contributed by atoms with Gasteiger partial charge in [-0.2, -0.15) is 0 Å². The van der Waals surface area contributed by atoms with Crippen LogP contribution in [0, 0.1) is 6.07 Å². The molecule has 61 valence electrons. The van der Waals surface area contributed by atoms with Gasteiger partial charge < -0.3 is 10.7 Å². The summed E-state index contributed by atoms with van der Waals surface area (Å²) in [5.74, 6) is 0. The van der Waals surface area contributed by atoms with Crippen molar-refractivity contribution in [2.24, 2.45) is 5.73 Å². The molecule has 0 aliphatic rings. The van der Waals surface area contributed by atoms with Crippen molar-refractivity contribution in [1.82, 2.24) is 4.98 Å². The summed E-state index contributed by atoms with van der Waals surface area (Å²) in [6.07, 6.45) is 2.93. The minimum atomic E-state index is 0.690. The molecule has 0 saturated carbocycles. The first-order valence-electron chi connectivity index (χ1n) is 4.08. The lowest BCUT2D eigenvalue weighted by Gasteiger charge is -1.93. The molecule has 0 aliphatic carbocycles. The molecule has 1 heterocycles. The highest BCUT2D eigenvalue weighted by Crippen LogP contribution is 2.16. The Morgan fingerprint density at radius 1 is 1.50 bits per heavy atom. The van der Waals surface area contributed by atoms with Crippen LogP contribution in [-0.2, 0) is 6.42 Å². The second-order valence-corrected chi connectivity index (χ2v) is 2.81. The van der Waals surface area contributed by atoms with E-state index in [2.05, 4.69) is 11.1 Å². The van der Waals surface area contributed by atoms with Crippen molar-refractivity contribution in [3.63, 3.8) is 0 Å². The summed E-state index contributed by atoms with van der Waals surface area (Å²) in [5, 5.41) is 1.17. The number of H-pyrrole nitrogens is 1. The van der Waals surface area contributed by atoms with Crippen molar-refractivity contribution >= 4 is 10.9 Å². The van der Waals surface area contributed by atoms with Gasteiger partial charge in [0.1, 0.15) is 0 Å². The fraction of sp³-hybridized carbons (Fsp3) is 0.200. The molecule has 2 nitrogen and oxygen atoms in total. The molecular formula is C10H11N2. The van der Waals surface area contributed by atoms with Crippen LogP contribution in [-0.4, -0.2) is 11.5 Å². The maximum Gasteiger partial charge on any atom is 0.0463 e. The highest BCUT2D eigenvalue weighted by molar-refractivity contribution is 5.82. The Bertz CT molecular complexity index is 376. The molecule has 0 atom stereocenters. The lowest BCUT2D eigenvalue weighted by molar-refractivity contribution is 0.976. The highest BCUT2D eigenvalue weighted by atomic mass is 14.7. The molecule has 12 heavy (non-hydrogen) atoms. The van der Waals surface area contributed by atoms with Gasteiger partial charge >= 0.3 is 0 Å². The first kappa shape index (κ1) is 7.37. The topological polar surface area (TPSA) is 41.8 Å². The van der Waals surface area contributed by atoms with E-state index < -0.39 is 0 Å². The Kier molecular flexibility index (Phi) is 1.84. The zero-order valence-corrected chi connectivity index (χ0v) is 6.80. The molecule has 0 spiro atoms. The lowest BCUT2D eigenvalue weighted by Crippen LogP contribution is -2.01. The third kappa shape index (κ3) is 1.10. The number of aromatic amines is 1. The zero-order chi connectivity index (χ0) is 8.39. The van der Waals surface area contributed by atoms with E-state index in [1.807, 2.05) is 24.4 Å². The standard InChI is InChI=1S/C10H11N2/c11-6-5-8-7-12-10-4-2-1-3-9(8)10/h1-2,4,7,12H,5-6,11H2. The van der Waals surface area contributed by atoms with E-state index in [-0.39, 0.29) is 0 Å². The van der Waals surface area contributed by atoms with Gasteiger partial charge in [-0.3, -0.25) is 0 Å². The van der Waals surface area contributed by atoms with Crippen LogP contribution in [0.5, 0.6) is 0 Å². The van der Waals surface area contributed by atoms with Gasteiger partial charge in [0.15, 0.2) is 0 Å². The van der Waals surface area contributed by atoms with Gasteiger partial charge in [0.25, 0.3) is 0 Å². The number of benzene rings is 1. The van der Waals surface area contributed by atoms with Gasteiger partial charge in [-0.05, 0) is 30.7 Å². The minimum absolute atomic E-state index is 0.690. The summed E-state index contributed by atoms with van der Waals surface area (Å²) in [6.45, 7) is 0.690. The number of nitrogens with one attached hydrogen (secondary N) is 1. The number of nitrogens with two attached hydrogens (primary N) is 1. The van der Waals surface area contributed by atoms with Gasteiger partial charge in [-0.1, -0.05) is 12.1 Å². The fourth-order valence-corrected chi connectivity index (χ4v) is 1.41. The van der Waals surface area contributed by atoms with E-state index in [1.54, 1.807) is 0 Å². The van der Waals surface area contributed by atoms with E-state index in [1.165, 1.54) is 10.9 Å². The Hall–Kier alpha value is -1.28. The summed E-state index contributed by atoms with van der Waals surface area (Å²) in [5.41, 5.74) is 7.88. The second kappa shape index (κ2) is 2.99. The molecule has 1 aromatic carbocycles. The van der Waals surface area contributed by atoms with E-state index >= 15 is 0 Å². The van der Waals surface area contributed by atoms with Crippen LogP contribution in [0.2, 0.25) is 0 Å². The molecule has 0 aliphatic heterocycles. The largest absolute Gasteiger partial charge is 0.361 e. The maximum atomic E-state index is 5.48. The zero-order valence-electron chi connectivity index (χ0n) is 6.80. The molecule has 0 bridgehead atoms. The van der Waals surface area contributed by atoms with Crippen LogP contribution in [0.15, 0.2) is 24.4 Å². The molecule has 3 N–H and O–H groups in total. The van der Waals surface area contributed by atoms with Crippen LogP contribution in [0.3, 0.4) is 0 Å². The number of hydrogen-bond donors (Lipinski definition) is 2. The Labute approximate surface area is 71.4 Å². The van der Waals surface area contributed by atoms with Crippen molar-refractivity contribution in [1.29, 1.82) is 0 Å². The van der Waals surface area contributed by atoms with Crippen molar-refractivity contribution in [2.75, 3.05) is 6.54 Å². The number of hydrogen-bond acceptors (Lipinski definition) is 1. The summed E-state index contributed by atoms with van der Waals surface area (Å²) in [7, 11) is 0. The van der Waals surface area contributed by atoms with Crippen molar-refractivity contribution < 1.29 is 0 Å². The van der Waals surface area contributed by atoms with Crippen molar-refractivity contribution in [2.45, 2.75) is 6.42 Å².